The molecule has 1 fully saturated rings. The Balaban J connectivity index is 2.53. The number of ether oxygens (including phenoxy) is 1. The normalized spacial score (nSPS) is 19.6. The third-order valence-electron chi connectivity index (χ3n) is 3.18. The minimum atomic E-state index is -0.352. The van der Waals surface area contributed by atoms with Gasteiger partial charge in [-0.25, -0.2) is 4.79 Å². The summed E-state index contributed by atoms with van der Waals surface area (Å²) in [5, 5.41) is 11.8. The summed E-state index contributed by atoms with van der Waals surface area (Å²) in [5.74, 6) is 0. The molecule has 1 saturated carbocycles. The molecular formula is C11H21NO3. The van der Waals surface area contributed by atoms with E-state index in [-0.39, 0.29) is 18.2 Å². The van der Waals surface area contributed by atoms with Crippen molar-refractivity contribution in [2.24, 2.45) is 0 Å². The van der Waals surface area contributed by atoms with Crippen LogP contribution < -0.4 is 5.32 Å². The first-order chi connectivity index (χ1) is 7.22. The fourth-order valence-electron chi connectivity index (χ4n) is 2.35. The predicted octanol–water partition coefficient (Wildman–Crippen LogP) is 1.82. The summed E-state index contributed by atoms with van der Waals surface area (Å²) in [7, 11) is 1.39. The number of alkyl carbamates (subject to hydrolysis) is 1. The molecule has 0 bridgehead atoms. The Morgan fingerprint density at radius 2 is 2.07 bits per heavy atom. The van der Waals surface area contributed by atoms with Crippen molar-refractivity contribution >= 4 is 6.09 Å². The van der Waals surface area contributed by atoms with Gasteiger partial charge < -0.3 is 15.2 Å². The molecule has 4 nitrogen and oxygen atoms in total. The van der Waals surface area contributed by atoms with E-state index >= 15 is 0 Å². The van der Waals surface area contributed by atoms with E-state index in [1.807, 2.05) is 0 Å². The highest BCUT2D eigenvalue weighted by atomic mass is 16.5. The van der Waals surface area contributed by atoms with Crippen molar-refractivity contribution in [2.75, 3.05) is 13.7 Å². The number of carbonyl (C=O) groups excluding carboxylic acids is 1. The topological polar surface area (TPSA) is 58.6 Å². The smallest absolute Gasteiger partial charge is 0.407 e. The van der Waals surface area contributed by atoms with E-state index in [0.717, 1.165) is 38.5 Å². The molecule has 15 heavy (non-hydrogen) atoms. The van der Waals surface area contributed by atoms with Gasteiger partial charge in [-0.1, -0.05) is 19.3 Å². The van der Waals surface area contributed by atoms with Crippen molar-refractivity contribution in [3.05, 3.63) is 0 Å². The number of rotatable bonds is 4. The number of aliphatic hydroxyl groups is 1. The third kappa shape index (κ3) is 3.70. The highest BCUT2D eigenvalue weighted by Gasteiger charge is 2.33. The maximum atomic E-state index is 11.3. The largest absolute Gasteiger partial charge is 0.453 e. The lowest BCUT2D eigenvalue weighted by atomic mass is 9.78. The highest BCUT2D eigenvalue weighted by Crippen LogP contribution is 2.32. The van der Waals surface area contributed by atoms with Crippen molar-refractivity contribution in [3.63, 3.8) is 0 Å². The second kappa shape index (κ2) is 5.95. The standard InChI is InChI=1S/C11H21NO3/c1-15-10(14)12-11(8-5-9-13)6-3-2-4-7-11/h13H,2-9H2,1H3,(H,12,14). The van der Waals surface area contributed by atoms with Crippen molar-refractivity contribution in [1.82, 2.24) is 5.32 Å². The number of methoxy groups -OCH3 is 1. The molecule has 2 N–H and O–H groups in total. The Bertz CT molecular complexity index is 200. The second-order valence-electron chi connectivity index (χ2n) is 4.28. The molecule has 1 aliphatic carbocycles. The van der Waals surface area contributed by atoms with Crippen molar-refractivity contribution < 1.29 is 14.6 Å². The lowest BCUT2D eigenvalue weighted by molar-refractivity contribution is 0.134. The maximum absolute atomic E-state index is 11.3. The number of amides is 1. The van der Waals surface area contributed by atoms with Gasteiger partial charge in [0.25, 0.3) is 0 Å². The van der Waals surface area contributed by atoms with Gasteiger partial charge in [0.1, 0.15) is 0 Å². The molecule has 0 saturated heterocycles. The summed E-state index contributed by atoms with van der Waals surface area (Å²) in [6.07, 6.45) is 6.77. The Hall–Kier alpha value is -0.770. The van der Waals surface area contributed by atoms with Crippen molar-refractivity contribution in [2.45, 2.75) is 50.5 Å². The Morgan fingerprint density at radius 3 is 2.60 bits per heavy atom. The minimum absolute atomic E-state index is 0.131. The number of aliphatic hydroxyl groups excluding tert-OH is 1. The van der Waals surface area contributed by atoms with Gasteiger partial charge >= 0.3 is 6.09 Å². The summed E-state index contributed by atoms with van der Waals surface area (Å²) in [4.78, 5) is 11.3. The lowest BCUT2D eigenvalue weighted by Gasteiger charge is -2.37. The minimum Gasteiger partial charge on any atom is -0.453 e. The second-order valence-corrected chi connectivity index (χ2v) is 4.28. The van der Waals surface area contributed by atoms with Gasteiger partial charge in [0.15, 0.2) is 0 Å². The van der Waals surface area contributed by atoms with Crippen LogP contribution in [0.5, 0.6) is 0 Å². The van der Waals surface area contributed by atoms with E-state index in [4.69, 9.17) is 5.11 Å². The summed E-state index contributed by atoms with van der Waals surface area (Å²) in [6.45, 7) is 0.185. The fraction of sp³-hybridized carbons (Fsp3) is 0.909. The maximum Gasteiger partial charge on any atom is 0.407 e. The van der Waals surface area contributed by atoms with Crippen LogP contribution in [-0.2, 0) is 4.74 Å². The average molecular weight is 215 g/mol. The van der Waals surface area contributed by atoms with Crippen LogP contribution in [-0.4, -0.2) is 30.5 Å². The first-order valence-corrected chi connectivity index (χ1v) is 5.69. The Labute approximate surface area is 91.0 Å². The van der Waals surface area contributed by atoms with Gasteiger partial charge in [0.05, 0.1) is 7.11 Å². The van der Waals surface area contributed by atoms with Crippen LogP contribution >= 0.6 is 0 Å². The van der Waals surface area contributed by atoms with Gasteiger partial charge in [0.2, 0.25) is 0 Å². The summed E-state index contributed by atoms with van der Waals surface area (Å²) < 4.78 is 4.65. The summed E-state index contributed by atoms with van der Waals surface area (Å²) >= 11 is 0. The van der Waals surface area contributed by atoms with Crippen LogP contribution in [0, 0.1) is 0 Å². The first kappa shape index (κ1) is 12.3. The molecule has 0 radical (unpaired) electrons. The number of hydrogen-bond acceptors (Lipinski definition) is 3. The van der Waals surface area contributed by atoms with Crippen LogP contribution in [0.25, 0.3) is 0 Å². The van der Waals surface area contributed by atoms with Crippen molar-refractivity contribution in [3.8, 4) is 0 Å². The van der Waals surface area contributed by atoms with Crippen molar-refractivity contribution in [1.29, 1.82) is 0 Å². The average Bonchev–Trinajstić information content (AvgIpc) is 2.27. The van der Waals surface area contributed by atoms with Crippen LogP contribution in [0.4, 0.5) is 4.79 Å². The SMILES string of the molecule is COC(=O)NC1(CCCO)CCCCC1. The Kier molecular flexibility index (Phi) is 4.88. The molecule has 0 unspecified atom stereocenters. The zero-order chi connectivity index (χ0) is 11.1. The zero-order valence-corrected chi connectivity index (χ0v) is 9.42. The van der Waals surface area contributed by atoms with Gasteiger partial charge in [-0.3, -0.25) is 0 Å². The molecule has 4 heteroatoms. The third-order valence-corrected chi connectivity index (χ3v) is 3.18. The van der Waals surface area contributed by atoms with E-state index in [1.165, 1.54) is 13.5 Å². The van der Waals surface area contributed by atoms with Crippen LogP contribution in [0.15, 0.2) is 0 Å². The molecule has 0 aromatic rings. The molecule has 0 aromatic heterocycles. The highest BCUT2D eigenvalue weighted by molar-refractivity contribution is 5.68. The molecule has 0 heterocycles. The van der Waals surface area contributed by atoms with Crippen LogP contribution in [0.3, 0.4) is 0 Å². The summed E-state index contributed by atoms with van der Waals surface area (Å²) in [5.41, 5.74) is -0.131. The van der Waals surface area contributed by atoms with Crippen LogP contribution in [0.2, 0.25) is 0 Å². The fourth-order valence-corrected chi connectivity index (χ4v) is 2.35. The van der Waals surface area contributed by atoms with E-state index in [9.17, 15) is 4.79 Å². The van der Waals surface area contributed by atoms with Gasteiger partial charge in [-0.05, 0) is 25.7 Å². The van der Waals surface area contributed by atoms with Crippen LogP contribution in [0.1, 0.15) is 44.9 Å². The predicted molar refractivity (Wildman–Crippen MR) is 57.7 cm³/mol. The van der Waals surface area contributed by atoms with E-state index in [2.05, 4.69) is 10.1 Å². The van der Waals surface area contributed by atoms with E-state index in [0.29, 0.717) is 0 Å². The van der Waals surface area contributed by atoms with Gasteiger partial charge in [0, 0.05) is 12.1 Å². The molecular weight excluding hydrogens is 194 g/mol. The monoisotopic (exact) mass is 215 g/mol. The van der Waals surface area contributed by atoms with E-state index < -0.39 is 0 Å². The van der Waals surface area contributed by atoms with Gasteiger partial charge in [-0.15, -0.1) is 0 Å². The zero-order valence-electron chi connectivity index (χ0n) is 9.42. The molecule has 88 valence electrons. The van der Waals surface area contributed by atoms with E-state index in [1.54, 1.807) is 0 Å². The lowest BCUT2D eigenvalue weighted by Crippen LogP contribution is -2.49. The molecule has 0 aromatic carbocycles. The molecule has 1 aliphatic rings. The molecule has 0 aliphatic heterocycles. The summed E-state index contributed by atoms with van der Waals surface area (Å²) in [6, 6.07) is 0. The molecule has 1 amide bonds. The number of hydrogen-bond donors (Lipinski definition) is 2. The molecule has 0 atom stereocenters. The first-order valence-electron chi connectivity index (χ1n) is 5.69. The van der Waals surface area contributed by atoms with Gasteiger partial charge in [-0.2, -0.15) is 0 Å². The number of carbonyl (C=O) groups is 1. The molecule has 1 rings (SSSR count). The Morgan fingerprint density at radius 1 is 1.40 bits per heavy atom. The number of nitrogens with one attached hydrogen (secondary N) is 1. The quantitative estimate of drug-likeness (QED) is 0.752. The molecule has 0 spiro atoms.